The summed E-state index contributed by atoms with van der Waals surface area (Å²) in [4.78, 5) is 0. The van der Waals surface area contributed by atoms with Crippen LogP contribution < -0.4 is 37.7 Å². The van der Waals surface area contributed by atoms with E-state index in [4.69, 9.17) is 0 Å². The van der Waals surface area contributed by atoms with Gasteiger partial charge < -0.3 is 16.7 Å². The number of rotatable bonds is 2. The van der Waals surface area contributed by atoms with E-state index >= 15 is 0 Å². The molecular formula is C8H20Li2Mg. The Morgan fingerprint density at radius 1 is 0.909 bits per heavy atom. The molecule has 0 aliphatic carbocycles. The van der Waals surface area contributed by atoms with Gasteiger partial charge in [0.25, 0.3) is 0 Å². The smallest absolute Gasteiger partial charge is 1.00 e. The van der Waals surface area contributed by atoms with Crippen LogP contribution in [0.5, 0.6) is 0 Å². The van der Waals surface area contributed by atoms with Crippen molar-refractivity contribution in [3.05, 3.63) is 13.8 Å². The van der Waals surface area contributed by atoms with Crippen LogP contribution in [0.3, 0.4) is 0 Å². The minimum absolute atomic E-state index is 0. The Morgan fingerprint density at radius 3 is 1.00 bits per heavy atom. The molecule has 0 aliphatic heterocycles. The summed E-state index contributed by atoms with van der Waals surface area (Å²) >= 11 is 0. The molecule has 0 aliphatic rings. The third kappa shape index (κ3) is 75.6. The zero-order valence-corrected chi connectivity index (χ0v) is 10.4. The summed E-state index contributed by atoms with van der Waals surface area (Å²) < 4.78 is 0. The molecule has 0 saturated carbocycles. The minimum atomic E-state index is 0. The van der Waals surface area contributed by atoms with Crippen LogP contribution in [0, 0.1) is 13.8 Å². The van der Waals surface area contributed by atoms with E-state index in [-0.39, 0.29) is 63.6 Å². The first-order chi connectivity index (χ1) is 3.83. The summed E-state index contributed by atoms with van der Waals surface area (Å²) in [7, 11) is 0. The maximum absolute atomic E-state index is 3.60. The molecule has 0 unspecified atom stereocenters. The molecule has 0 radical (unpaired) electrons. The Morgan fingerprint density at radius 2 is 1.00 bits per heavy atom. The second-order valence-electron chi connectivity index (χ2n) is 1.71. The van der Waals surface area contributed by atoms with Crippen molar-refractivity contribution in [2.24, 2.45) is 0 Å². The van der Waals surface area contributed by atoms with E-state index < -0.39 is 0 Å². The van der Waals surface area contributed by atoms with Crippen LogP contribution in [-0.4, -0.2) is 23.1 Å². The van der Waals surface area contributed by atoms with Gasteiger partial charge in [-0.1, -0.05) is 26.7 Å². The van der Waals surface area contributed by atoms with Crippen molar-refractivity contribution in [1.29, 1.82) is 0 Å². The summed E-state index contributed by atoms with van der Waals surface area (Å²) in [5.74, 6) is 0. The van der Waals surface area contributed by atoms with Crippen LogP contribution >= 0.6 is 0 Å². The van der Waals surface area contributed by atoms with Crippen molar-refractivity contribution in [2.45, 2.75) is 39.5 Å². The molecule has 0 rings (SSSR count). The van der Waals surface area contributed by atoms with Crippen LogP contribution in [0.1, 0.15) is 42.4 Å². The molecule has 3 heteroatoms. The van der Waals surface area contributed by atoms with E-state index in [1.54, 1.807) is 0 Å². The van der Waals surface area contributed by atoms with Crippen molar-refractivity contribution in [3.63, 3.8) is 0 Å². The molecule has 0 bridgehead atoms. The van der Waals surface area contributed by atoms with Crippen molar-refractivity contribution in [2.75, 3.05) is 0 Å². The number of hydrogen-bond acceptors (Lipinski definition) is 0. The van der Waals surface area contributed by atoms with E-state index in [0.29, 0.717) is 0 Å². The van der Waals surface area contributed by atoms with Gasteiger partial charge in [0.15, 0.2) is 0 Å². The zero-order valence-electron chi connectivity index (χ0n) is 10.9. The molecule has 0 aromatic rings. The van der Waals surface area contributed by atoms with E-state index in [2.05, 4.69) is 27.7 Å². The minimum Gasteiger partial charge on any atom is -1.00 e. The average molecular weight is 154 g/mol. The Bertz CT molecular complexity index is 28.1. The van der Waals surface area contributed by atoms with Crippen LogP contribution in [0.4, 0.5) is 0 Å². The monoisotopic (exact) mass is 154 g/mol. The van der Waals surface area contributed by atoms with Crippen LogP contribution in [0.15, 0.2) is 0 Å². The number of hydrogen-bond donors (Lipinski definition) is 0. The summed E-state index contributed by atoms with van der Waals surface area (Å²) in [6.45, 7) is 11.4. The van der Waals surface area contributed by atoms with Crippen molar-refractivity contribution in [3.8, 4) is 0 Å². The molecule has 0 amide bonds. The topological polar surface area (TPSA) is 0 Å². The third-order valence-corrected chi connectivity index (χ3v) is 0.707. The van der Waals surface area contributed by atoms with Gasteiger partial charge in [0.1, 0.15) is 0 Å². The normalized spacial score (nSPS) is 5.45. The zero-order chi connectivity index (χ0) is 6.83. The Balaban J connectivity index is -0.00000000800. The molecule has 0 nitrogen and oxygen atoms in total. The van der Waals surface area contributed by atoms with Gasteiger partial charge in [0, 0.05) is 0 Å². The van der Waals surface area contributed by atoms with Crippen molar-refractivity contribution in [1.82, 2.24) is 0 Å². The van der Waals surface area contributed by atoms with Gasteiger partial charge in [-0.2, -0.15) is 12.8 Å². The first-order valence-electron chi connectivity index (χ1n) is 3.41. The fraction of sp³-hybridized carbons (Fsp3) is 0.750. The van der Waals surface area contributed by atoms with Gasteiger partial charge in [-0.15, -0.1) is 0 Å². The quantitative estimate of drug-likeness (QED) is 0.296. The summed E-state index contributed by atoms with van der Waals surface area (Å²) in [5.41, 5.74) is 0. The predicted molar refractivity (Wildman–Crippen MR) is 48.5 cm³/mol. The van der Waals surface area contributed by atoms with Gasteiger partial charge in [-0.25, -0.2) is 0 Å². The second kappa shape index (κ2) is 40.4. The van der Waals surface area contributed by atoms with Crippen LogP contribution in [0.25, 0.3) is 0 Å². The van der Waals surface area contributed by atoms with E-state index in [1.807, 2.05) is 0 Å². The van der Waals surface area contributed by atoms with Gasteiger partial charge in [-0.05, 0) is 0 Å². The van der Waals surface area contributed by atoms with Gasteiger partial charge in [0.05, 0.1) is 0 Å². The molecule has 0 atom stereocenters. The standard InChI is InChI=1S/2C4H9.2Li.Mg.2H/c2*1-3-4-2;;;;;/h2*1,3-4H2,2H3;;;;;/q2*-1;2*+1;+2;2*-1. The molecule has 11 heavy (non-hydrogen) atoms. The average Bonchev–Trinajstić information content (AvgIpc) is 1.88. The molecule has 0 fully saturated rings. The van der Waals surface area contributed by atoms with Crippen LogP contribution in [0.2, 0.25) is 0 Å². The first-order valence-corrected chi connectivity index (χ1v) is 3.41. The molecule has 0 aromatic carbocycles. The Labute approximate surface area is 116 Å². The van der Waals surface area contributed by atoms with Crippen molar-refractivity contribution < 1.29 is 40.6 Å². The van der Waals surface area contributed by atoms with Crippen molar-refractivity contribution >= 4 is 23.1 Å². The third-order valence-electron chi connectivity index (χ3n) is 0.707. The first kappa shape index (κ1) is 29.3. The molecule has 0 saturated heterocycles. The molecular weight excluding hydrogens is 134 g/mol. The molecule has 0 heterocycles. The van der Waals surface area contributed by atoms with Gasteiger partial charge in [0.2, 0.25) is 0 Å². The van der Waals surface area contributed by atoms with E-state index in [1.165, 1.54) is 12.8 Å². The maximum atomic E-state index is 3.60. The molecule has 0 aromatic heterocycles. The fourth-order valence-corrected chi connectivity index (χ4v) is 0. The van der Waals surface area contributed by atoms with Gasteiger partial charge in [-0.3, -0.25) is 0 Å². The number of unbranched alkanes of at least 4 members (excludes halogenated alkanes) is 2. The summed E-state index contributed by atoms with van der Waals surface area (Å²) in [6, 6.07) is 0. The SMILES string of the molecule is [CH2-]CCC.[CH2-]CCC.[H-].[H-].[Li+].[Li+].[Mg+2]. The fourth-order valence-electron chi connectivity index (χ4n) is 0. The second-order valence-corrected chi connectivity index (χ2v) is 1.71. The van der Waals surface area contributed by atoms with E-state index in [9.17, 15) is 0 Å². The van der Waals surface area contributed by atoms with Crippen LogP contribution in [-0.2, 0) is 0 Å². The molecule has 0 N–H and O–H groups in total. The largest absolute Gasteiger partial charge is 2.00 e. The molecule has 0 spiro atoms. The molecule has 56 valence electrons. The Kier molecular flexibility index (Phi) is 108. The summed E-state index contributed by atoms with van der Waals surface area (Å²) in [6.07, 6.45) is 4.56. The Hall–Kier alpha value is 1.96. The van der Waals surface area contributed by atoms with E-state index in [0.717, 1.165) is 12.8 Å². The van der Waals surface area contributed by atoms with Gasteiger partial charge >= 0.3 is 60.8 Å². The predicted octanol–water partition coefficient (Wildman–Crippen LogP) is -2.91. The maximum Gasteiger partial charge on any atom is 2.00 e. The summed E-state index contributed by atoms with van der Waals surface area (Å²) in [5, 5.41) is 0.